The van der Waals surface area contributed by atoms with Gasteiger partial charge >= 0.3 is 0 Å². The van der Waals surface area contributed by atoms with E-state index in [1.807, 2.05) is 0 Å². The largest absolute Gasteiger partial charge is 0.351 e. The molecule has 0 radical (unpaired) electrons. The number of carbonyl (C=O) groups is 3. The van der Waals surface area contributed by atoms with Crippen LogP contribution in [-0.2, 0) is 20.8 Å². The zero-order valence-corrected chi connectivity index (χ0v) is 19.5. The molecule has 180 valence electrons. The molecule has 3 aliphatic heterocycles. The van der Waals surface area contributed by atoms with Gasteiger partial charge in [-0.25, -0.2) is 0 Å². The molecule has 1 spiro atoms. The Morgan fingerprint density at radius 2 is 1.79 bits per heavy atom. The highest BCUT2D eigenvalue weighted by Gasteiger charge is 2.47. The molecular weight excluding hydrogens is 426 g/mol. The molecule has 3 amide bonds. The normalized spacial score (nSPS) is 27.6. The van der Waals surface area contributed by atoms with E-state index in [4.69, 9.17) is 9.47 Å². The lowest BCUT2D eigenvalue weighted by atomic mass is 9.92. The maximum atomic E-state index is 13.2. The number of ether oxygens (including phenoxy) is 2. The van der Waals surface area contributed by atoms with Gasteiger partial charge in [0.1, 0.15) is 11.2 Å². The summed E-state index contributed by atoms with van der Waals surface area (Å²) in [6, 6.07) is 1.70. The van der Waals surface area contributed by atoms with Gasteiger partial charge in [0.05, 0.1) is 19.8 Å². The zero-order valence-electron chi connectivity index (χ0n) is 19.5. The molecule has 10 heteroatoms. The van der Waals surface area contributed by atoms with E-state index >= 15 is 0 Å². The number of fused-ring (bicyclic) bond motifs is 1. The van der Waals surface area contributed by atoms with Gasteiger partial charge in [0, 0.05) is 45.1 Å². The molecule has 1 aliphatic carbocycles. The average Bonchev–Trinajstić information content (AvgIpc) is 3.45. The van der Waals surface area contributed by atoms with Gasteiger partial charge in [-0.2, -0.15) is 5.10 Å². The van der Waals surface area contributed by atoms with Crippen LogP contribution < -0.4 is 5.32 Å². The third-order valence-corrected chi connectivity index (χ3v) is 7.78. The number of nitrogens with zero attached hydrogens (tertiary/aromatic N) is 4. The summed E-state index contributed by atoms with van der Waals surface area (Å²) in [5.74, 6) is -1.25. The highest BCUT2D eigenvalue weighted by molar-refractivity contribution is 6.01. The quantitative estimate of drug-likeness (QED) is 0.727. The molecule has 4 aliphatic rings. The van der Waals surface area contributed by atoms with Gasteiger partial charge in [-0.3, -0.25) is 19.1 Å². The predicted molar refractivity (Wildman–Crippen MR) is 118 cm³/mol. The van der Waals surface area contributed by atoms with E-state index in [1.54, 1.807) is 24.9 Å². The van der Waals surface area contributed by atoms with E-state index in [0.29, 0.717) is 44.8 Å². The molecule has 1 aromatic rings. The second kappa shape index (κ2) is 8.39. The molecule has 0 unspecified atom stereocenters. The number of likely N-dealkylation sites (tertiary alicyclic amines) is 1. The van der Waals surface area contributed by atoms with Crippen molar-refractivity contribution in [1.82, 2.24) is 24.9 Å². The van der Waals surface area contributed by atoms with Gasteiger partial charge in [-0.05, 0) is 19.8 Å². The Morgan fingerprint density at radius 1 is 1.12 bits per heavy atom. The maximum absolute atomic E-state index is 13.2. The number of rotatable bonds is 3. The Balaban J connectivity index is 1.30. The Labute approximate surface area is 193 Å². The lowest BCUT2D eigenvalue weighted by molar-refractivity contribution is -0.181. The van der Waals surface area contributed by atoms with Crippen molar-refractivity contribution in [2.45, 2.75) is 75.8 Å². The molecule has 0 aromatic carbocycles. The standard InChI is InChI=1S/C23H33N5O5/c1-22(21(31)24-16-6-4-3-5-7-16)15-28-18(20(30)26(22)2)14-17(25-28)19(29)27-10-8-23(9-11-27)32-12-13-33-23/h14,16H,3-13,15H2,1-2H3,(H,24,31)/t22-/m1/s1. The fraction of sp³-hybridized carbons (Fsp3) is 0.739. The monoisotopic (exact) mass is 459 g/mol. The summed E-state index contributed by atoms with van der Waals surface area (Å²) < 4.78 is 13.0. The second-order valence-electron chi connectivity index (χ2n) is 9.92. The van der Waals surface area contributed by atoms with Crippen LogP contribution in [0.2, 0.25) is 0 Å². The SMILES string of the molecule is CN1C(=O)c2cc(C(=O)N3CCC4(CC3)OCCO4)nn2C[C@]1(C)C(=O)NC1CCCCC1. The van der Waals surface area contributed by atoms with Crippen molar-refractivity contribution in [3.8, 4) is 0 Å². The highest BCUT2D eigenvalue weighted by atomic mass is 16.7. The average molecular weight is 460 g/mol. The molecule has 10 nitrogen and oxygen atoms in total. The van der Waals surface area contributed by atoms with E-state index in [1.165, 1.54) is 16.0 Å². The maximum Gasteiger partial charge on any atom is 0.274 e. The molecule has 33 heavy (non-hydrogen) atoms. The van der Waals surface area contributed by atoms with Gasteiger partial charge in [-0.15, -0.1) is 0 Å². The lowest BCUT2D eigenvalue weighted by Gasteiger charge is -2.41. The molecule has 2 saturated heterocycles. The van der Waals surface area contributed by atoms with Crippen molar-refractivity contribution in [1.29, 1.82) is 0 Å². The van der Waals surface area contributed by atoms with Crippen LogP contribution in [-0.4, -0.2) is 88.0 Å². The van der Waals surface area contributed by atoms with E-state index in [9.17, 15) is 14.4 Å². The Morgan fingerprint density at radius 3 is 2.45 bits per heavy atom. The van der Waals surface area contributed by atoms with Crippen molar-refractivity contribution in [3.63, 3.8) is 0 Å². The summed E-state index contributed by atoms with van der Waals surface area (Å²) in [5, 5.41) is 7.60. The Kier molecular flexibility index (Phi) is 5.68. The molecule has 1 atom stereocenters. The third kappa shape index (κ3) is 3.93. The fourth-order valence-corrected chi connectivity index (χ4v) is 5.42. The third-order valence-electron chi connectivity index (χ3n) is 7.78. The summed E-state index contributed by atoms with van der Waals surface area (Å²) in [4.78, 5) is 42.7. The molecule has 0 bridgehead atoms. The zero-order chi connectivity index (χ0) is 23.2. The van der Waals surface area contributed by atoms with Gasteiger partial charge < -0.3 is 24.6 Å². The molecule has 5 rings (SSSR count). The van der Waals surface area contributed by atoms with Gasteiger partial charge in [0.15, 0.2) is 11.5 Å². The minimum atomic E-state index is -1.07. The van der Waals surface area contributed by atoms with Crippen molar-refractivity contribution in [2.75, 3.05) is 33.4 Å². The summed E-state index contributed by atoms with van der Waals surface area (Å²) in [7, 11) is 1.65. The predicted octanol–water partition coefficient (Wildman–Crippen LogP) is 1.16. The van der Waals surface area contributed by atoms with Crippen molar-refractivity contribution < 1.29 is 23.9 Å². The molecule has 3 fully saturated rings. The number of hydrogen-bond acceptors (Lipinski definition) is 6. The Hall–Kier alpha value is -2.46. The van der Waals surface area contributed by atoms with E-state index < -0.39 is 11.3 Å². The number of carbonyl (C=O) groups excluding carboxylic acids is 3. The number of hydrogen-bond donors (Lipinski definition) is 1. The first-order chi connectivity index (χ1) is 15.8. The van der Waals surface area contributed by atoms with Crippen molar-refractivity contribution in [3.05, 3.63) is 17.5 Å². The first-order valence-corrected chi connectivity index (χ1v) is 12.1. The van der Waals surface area contributed by atoms with Crippen LogP contribution in [0.15, 0.2) is 6.07 Å². The lowest BCUT2D eigenvalue weighted by Crippen LogP contribution is -2.63. The summed E-state index contributed by atoms with van der Waals surface area (Å²) in [5.41, 5.74) is -0.504. The van der Waals surface area contributed by atoms with Crippen LogP contribution in [0.4, 0.5) is 0 Å². The van der Waals surface area contributed by atoms with E-state index in [0.717, 1.165) is 25.7 Å². The Bertz CT molecular complexity index is 939. The molecule has 1 aromatic heterocycles. The molecule has 1 saturated carbocycles. The molecule has 4 heterocycles. The van der Waals surface area contributed by atoms with Crippen LogP contribution in [0, 0.1) is 0 Å². The minimum absolute atomic E-state index is 0.151. The highest BCUT2D eigenvalue weighted by Crippen LogP contribution is 2.32. The number of piperidine rings is 1. The van der Waals surface area contributed by atoms with Crippen molar-refractivity contribution in [2.24, 2.45) is 0 Å². The van der Waals surface area contributed by atoms with Gasteiger partial charge in [-0.1, -0.05) is 19.3 Å². The first-order valence-electron chi connectivity index (χ1n) is 12.1. The van der Waals surface area contributed by atoms with Gasteiger partial charge in [0.2, 0.25) is 5.91 Å². The van der Waals surface area contributed by atoms with Crippen LogP contribution in [0.5, 0.6) is 0 Å². The van der Waals surface area contributed by atoms with E-state index in [2.05, 4.69) is 10.4 Å². The second-order valence-corrected chi connectivity index (χ2v) is 9.92. The van der Waals surface area contributed by atoms with Crippen LogP contribution in [0.1, 0.15) is 72.8 Å². The number of aromatic nitrogens is 2. The van der Waals surface area contributed by atoms with Crippen molar-refractivity contribution >= 4 is 17.7 Å². The minimum Gasteiger partial charge on any atom is -0.351 e. The molecular formula is C23H33N5O5. The summed E-state index contributed by atoms with van der Waals surface area (Å²) in [6.45, 7) is 4.17. The number of likely N-dealkylation sites (N-methyl/N-ethyl adjacent to an activating group) is 1. The number of amides is 3. The smallest absolute Gasteiger partial charge is 0.274 e. The topological polar surface area (TPSA) is 106 Å². The van der Waals surface area contributed by atoms with Gasteiger partial charge in [0.25, 0.3) is 11.8 Å². The summed E-state index contributed by atoms with van der Waals surface area (Å²) >= 11 is 0. The van der Waals surface area contributed by atoms with Crippen LogP contribution >= 0.6 is 0 Å². The summed E-state index contributed by atoms with van der Waals surface area (Å²) in [6.07, 6.45) is 6.60. The number of nitrogens with one attached hydrogen (secondary N) is 1. The van der Waals surface area contributed by atoms with Crippen LogP contribution in [0.25, 0.3) is 0 Å². The van der Waals surface area contributed by atoms with E-state index in [-0.39, 0.29) is 36.0 Å². The molecule has 1 N–H and O–H groups in total. The first kappa shape index (κ1) is 22.3. The van der Waals surface area contributed by atoms with Crippen LogP contribution in [0.3, 0.4) is 0 Å². The fourth-order valence-electron chi connectivity index (χ4n) is 5.42.